The average Bonchev–Trinajstić information content (AvgIpc) is 2.37. The molecule has 1 aliphatic heterocycles. The molecule has 1 saturated heterocycles. The molecule has 1 rings (SSSR count). The highest BCUT2D eigenvalue weighted by atomic mass is 16.5. The number of hydrogen-bond donors (Lipinski definition) is 1. The summed E-state index contributed by atoms with van der Waals surface area (Å²) in [6.45, 7) is 9.83. The highest BCUT2D eigenvalue weighted by Crippen LogP contribution is 2.16. The number of nitrogens with one attached hydrogen (secondary N) is 1. The van der Waals surface area contributed by atoms with Gasteiger partial charge >= 0.3 is 0 Å². The van der Waals surface area contributed by atoms with E-state index in [1.54, 1.807) is 0 Å². The zero-order valence-corrected chi connectivity index (χ0v) is 13.5. The molecule has 4 nitrogen and oxygen atoms in total. The first-order valence-corrected chi connectivity index (χ1v) is 7.64. The number of likely N-dealkylation sites (tertiary alicyclic amines) is 1. The predicted octanol–water partition coefficient (Wildman–Crippen LogP) is 1.27. The molecule has 0 aromatic rings. The Bertz CT molecular complexity index is 233. The van der Waals surface area contributed by atoms with Crippen molar-refractivity contribution in [3.63, 3.8) is 0 Å². The molecule has 114 valence electrons. The van der Waals surface area contributed by atoms with E-state index in [1.165, 1.54) is 25.9 Å². The lowest BCUT2D eigenvalue weighted by molar-refractivity contribution is 0.0485. The van der Waals surface area contributed by atoms with Crippen LogP contribution in [-0.4, -0.2) is 75.9 Å². The zero-order chi connectivity index (χ0) is 14.3. The highest BCUT2D eigenvalue weighted by molar-refractivity contribution is 4.83. The second-order valence-electron chi connectivity index (χ2n) is 6.42. The lowest BCUT2D eigenvalue weighted by Gasteiger charge is -2.40. The van der Waals surface area contributed by atoms with Crippen LogP contribution in [0, 0.1) is 5.92 Å². The Hall–Kier alpha value is -0.160. The summed E-state index contributed by atoms with van der Waals surface area (Å²) in [6.07, 6.45) is 2.62. The minimum absolute atomic E-state index is 0.506. The van der Waals surface area contributed by atoms with E-state index in [-0.39, 0.29) is 0 Å². The molecular formula is C15H33N3O. The van der Waals surface area contributed by atoms with Crippen LogP contribution in [0.2, 0.25) is 0 Å². The summed E-state index contributed by atoms with van der Waals surface area (Å²) >= 11 is 0. The topological polar surface area (TPSA) is 27.7 Å². The predicted molar refractivity (Wildman–Crippen MR) is 81.7 cm³/mol. The second-order valence-corrected chi connectivity index (χ2v) is 6.42. The molecule has 0 radical (unpaired) electrons. The fraction of sp³-hybridized carbons (Fsp3) is 1.00. The lowest BCUT2D eigenvalue weighted by Crippen LogP contribution is -2.53. The van der Waals surface area contributed by atoms with Gasteiger partial charge in [0.2, 0.25) is 0 Å². The molecule has 0 amide bonds. The Labute approximate surface area is 119 Å². The van der Waals surface area contributed by atoms with Gasteiger partial charge in [-0.25, -0.2) is 0 Å². The Kier molecular flexibility index (Phi) is 7.91. The summed E-state index contributed by atoms with van der Waals surface area (Å²) in [5.41, 5.74) is 0. The van der Waals surface area contributed by atoms with E-state index in [1.807, 2.05) is 7.11 Å². The molecule has 0 bridgehead atoms. The van der Waals surface area contributed by atoms with Crippen LogP contribution in [0.3, 0.4) is 0 Å². The van der Waals surface area contributed by atoms with Gasteiger partial charge < -0.3 is 15.0 Å². The molecule has 4 heteroatoms. The van der Waals surface area contributed by atoms with Crippen LogP contribution in [0.15, 0.2) is 0 Å². The van der Waals surface area contributed by atoms with Crippen LogP contribution in [-0.2, 0) is 4.74 Å². The number of methoxy groups -OCH3 is 1. The molecule has 0 saturated carbocycles. The van der Waals surface area contributed by atoms with E-state index in [2.05, 4.69) is 43.1 Å². The number of nitrogens with zero attached hydrogens (tertiary/aromatic N) is 2. The molecule has 1 aliphatic rings. The van der Waals surface area contributed by atoms with Crippen molar-refractivity contribution in [3.8, 4) is 0 Å². The van der Waals surface area contributed by atoms with Crippen molar-refractivity contribution in [2.75, 3.05) is 54.0 Å². The van der Waals surface area contributed by atoms with Gasteiger partial charge in [0.1, 0.15) is 0 Å². The first kappa shape index (κ1) is 16.9. The maximum atomic E-state index is 5.42. The number of hydrogen-bond acceptors (Lipinski definition) is 4. The highest BCUT2D eigenvalue weighted by Gasteiger charge is 2.26. The van der Waals surface area contributed by atoms with Crippen LogP contribution >= 0.6 is 0 Å². The molecule has 2 atom stereocenters. The van der Waals surface area contributed by atoms with E-state index in [4.69, 9.17) is 4.74 Å². The molecule has 1 heterocycles. The summed E-state index contributed by atoms with van der Waals surface area (Å²) in [6, 6.07) is 1.20. The number of piperidine rings is 1. The van der Waals surface area contributed by atoms with Crippen molar-refractivity contribution in [2.24, 2.45) is 5.92 Å². The van der Waals surface area contributed by atoms with Gasteiger partial charge in [0, 0.05) is 32.3 Å². The Morgan fingerprint density at radius 1 is 1.32 bits per heavy atom. The van der Waals surface area contributed by atoms with E-state index >= 15 is 0 Å². The third-order valence-corrected chi connectivity index (χ3v) is 3.97. The molecule has 2 unspecified atom stereocenters. The van der Waals surface area contributed by atoms with Gasteiger partial charge in [-0.2, -0.15) is 0 Å². The van der Waals surface area contributed by atoms with Crippen molar-refractivity contribution in [3.05, 3.63) is 0 Å². The van der Waals surface area contributed by atoms with Crippen LogP contribution in [0.25, 0.3) is 0 Å². The molecule has 1 N–H and O–H groups in total. The zero-order valence-electron chi connectivity index (χ0n) is 13.5. The molecule has 0 spiro atoms. The molecule has 19 heavy (non-hydrogen) atoms. The lowest BCUT2D eigenvalue weighted by atomic mass is 10.0. The van der Waals surface area contributed by atoms with Crippen molar-refractivity contribution in [1.29, 1.82) is 0 Å². The summed E-state index contributed by atoms with van der Waals surface area (Å²) in [4.78, 5) is 4.96. The monoisotopic (exact) mass is 271 g/mol. The first-order chi connectivity index (χ1) is 9.04. The van der Waals surface area contributed by atoms with E-state index in [0.717, 1.165) is 19.7 Å². The summed E-state index contributed by atoms with van der Waals surface area (Å²) in [7, 11) is 6.19. The van der Waals surface area contributed by atoms with Crippen LogP contribution < -0.4 is 5.32 Å². The number of rotatable bonds is 8. The van der Waals surface area contributed by atoms with Crippen molar-refractivity contribution >= 4 is 0 Å². The van der Waals surface area contributed by atoms with Gasteiger partial charge in [-0.05, 0) is 45.9 Å². The number of ether oxygens (including phenoxy) is 1. The van der Waals surface area contributed by atoms with E-state index in [9.17, 15) is 0 Å². The molecule has 0 aromatic heterocycles. The normalized spacial score (nSPS) is 23.2. The fourth-order valence-electron chi connectivity index (χ4n) is 2.76. The van der Waals surface area contributed by atoms with Gasteiger partial charge in [0.05, 0.1) is 6.61 Å². The minimum atomic E-state index is 0.506. The van der Waals surface area contributed by atoms with Gasteiger partial charge in [-0.1, -0.05) is 13.8 Å². The third-order valence-electron chi connectivity index (χ3n) is 3.97. The van der Waals surface area contributed by atoms with E-state index in [0.29, 0.717) is 18.0 Å². The Morgan fingerprint density at radius 3 is 2.63 bits per heavy atom. The first-order valence-electron chi connectivity index (χ1n) is 7.64. The van der Waals surface area contributed by atoms with Crippen LogP contribution in [0.5, 0.6) is 0 Å². The maximum absolute atomic E-state index is 5.42. The SMILES string of the molecule is COCC(CNCC(C)C)N1CCCC(N(C)C)C1. The second kappa shape index (κ2) is 8.90. The standard InChI is InChI=1S/C15H33N3O/c1-13(2)9-16-10-15(12-19-5)18-8-6-7-14(11-18)17(3)4/h13-16H,6-12H2,1-5H3. The summed E-state index contributed by atoms with van der Waals surface area (Å²) in [5, 5.41) is 3.58. The summed E-state index contributed by atoms with van der Waals surface area (Å²) < 4.78 is 5.42. The molecule has 0 aliphatic carbocycles. The van der Waals surface area contributed by atoms with Crippen molar-refractivity contribution in [2.45, 2.75) is 38.8 Å². The minimum Gasteiger partial charge on any atom is -0.383 e. The number of likely N-dealkylation sites (N-methyl/N-ethyl adjacent to an activating group) is 1. The van der Waals surface area contributed by atoms with Crippen LogP contribution in [0.4, 0.5) is 0 Å². The van der Waals surface area contributed by atoms with Gasteiger partial charge in [0.15, 0.2) is 0 Å². The van der Waals surface area contributed by atoms with Gasteiger partial charge in [0.25, 0.3) is 0 Å². The molecular weight excluding hydrogens is 238 g/mol. The molecule has 0 aromatic carbocycles. The largest absolute Gasteiger partial charge is 0.383 e. The quantitative estimate of drug-likeness (QED) is 0.719. The van der Waals surface area contributed by atoms with Crippen molar-refractivity contribution < 1.29 is 4.74 Å². The van der Waals surface area contributed by atoms with Crippen molar-refractivity contribution in [1.82, 2.24) is 15.1 Å². The summed E-state index contributed by atoms with van der Waals surface area (Å²) in [5.74, 6) is 0.707. The fourth-order valence-corrected chi connectivity index (χ4v) is 2.76. The molecule has 1 fully saturated rings. The van der Waals surface area contributed by atoms with Gasteiger partial charge in [-0.15, -0.1) is 0 Å². The Balaban J connectivity index is 2.44. The van der Waals surface area contributed by atoms with Gasteiger partial charge in [-0.3, -0.25) is 4.90 Å². The maximum Gasteiger partial charge on any atom is 0.0630 e. The smallest absolute Gasteiger partial charge is 0.0630 e. The van der Waals surface area contributed by atoms with E-state index < -0.39 is 0 Å². The Morgan fingerprint density at radius 2 is 2.05 bits per heavy atom. The average molecular weight is 271 g/mol. The third kappa shape index (κ3) is 6.21. The van der Waals surface area contributed by atoms with Crippen LogP contribution in [0.1, 0.15) is 26.7 Å².